The number of hydrogen-bond acceptors (Lipinski definition) is 6. The van der Waals surface area contributed by atoms with Crippen LogP contribution in [0.15, 0.2) is 36.7 Å². The highest BCUT2D eigenvalue weighted by molar-refractivity contribution is 5.60. The quantitative estimate of drug-likeness (QED) is 0.617. The van der Waals surface area contributed by atoms with E-state index in [4.69, 9.17) is 4.74 Å². The predicted molar refractivity (Wildman–Crippen MR) is 105 cm³/mol. The Bertz CT molecular complexity index is 1040. The fourth-order valence-corrected chi connectivity index (χ4v) is 3.34. The van der Waals surface area contributed by atoms with Crippen LogP contribution in [-0.4, -0.2) is 50.7 Å². The van der Waals surface area contributed by atoms with Crippen molar-refractivity contribution in [3.8, 4) is 11.4 Å². The Balaban J connectivity index is 1.51. The zero-order valence-electron chi connectivity index (χ0n) is 16.7. The van der Waals surface area contributed by atoms with Crippen LogP contribution in [0, 0.1) is 5.82 Å². The lowest BCUT2D eigenvalue weighted by Gasteiger charge is -2.26. The molecule has 0 spiro atoms. The van der Waals surface area contributed by atoms with E-state index in [2.05, 4.69) is 25.2 Å². The van der Waals surface area contributed by atoms with Gasteiger partial charge in [0.25, 0.3) is 0 Å². The number of benzene rings is 1. The molecule has 0 bridgehead atoms. The molecule has 1 aliphatic rings. The van der Waals surface area contributed by atoms with E-state index in [1.165, 1.54) is 0 Å². The predicted octanol–water partition coefficient (Wildman–Crippen LogP) is 3.61. The van der Waals surface area contributed by atoms with Gasteiger partial charge in [0, 0.05) is 32.4 Å². The summed E-state index contributed by atoms with van der Waals surface area (Å²) >= 11 is 0. The molecule has 1 aromatic carbocycles. The molecular weight excluding hydrogens is 416 g/mol. The molecule has 1 aliphatic heterocycles. The zero-order valence-corrected chi connectivity index (χ0v) is 16.7. The summed E-state index contributed by atoms with van der Waals surface area (Å²) < 4.78 is 59.4. The number of hydrogen-bond donors (Lipinski definition) is 1. The van der Waals surface area contributed by atoms with Crippen molar-refractivity contribution in [2.75, 3.05) is 31.6 Å². The van der Waals surface area contributed by atoms with Crippen LogP contribution >= 0.6 is 0 Å². The third-order valence-corrected chi connectivity index (χ3v) is 4.95. The fraction of sp³-hybridized carbons (Fsp3) is 0.350. The van der Waals surface area contributed by atoms with Crippen molar-refractivity contribution < 1.29 is 22.3 Å². The van der Waals surface area contributed by atoms with E-state index in [0.29, 0.717) is 5.69 Å². The number of alkyl halides is 3. The van der Waals surface area contributed by atoms with Gasteiger partial charge in [-0.25, -0.2) is 19.3 Å². The number of ether oxygens (including phenoxy) is 1. The van der Waals surface area contributed by atoms with Gasteiger partial charge in [0.1, 0.15) is 5.69 Å². The molecule has 1 fully saturated rings. The average molecular weight is 436 g/mol. The smallest absolute Gasteiger partial charge is 0.379 e. The standard InChI is InChI=1S/C20H20F4N6O/c1-29-16(11-25-18(29)20(22,23)24)17-15(21)10-26-19(28-17)27-14-4-2-13(3-5-14)12-30-6-8-31-9-7-30/h2-5,10-11H,6-9,12H2,1H3,(H,26,27,28). The summed E-state index contributed by atoms with van der Waals surface area (Å²) in [5, 5.41) is 2.95. The molecule has 11 heteroatoms. The van der Waals surface area contributed by atoms with E-state index in [-0.39, 0.29) is 17.3 Å². The normalized spacial score (nSPS) is 15.3. The van der Waals surface area contributed by atoms with Gasteiger partial charge < -0.3 is 14.6 Å². The van der Waals surface area contributed by atoms with Gasteiger partial charge in [-0.3, -0.25) is 4.90 Å². The van der Waals surface area contributed by atoms with Crippen LogP contribution in [0.4, 0.5) is 29.2 Å². The van der Waals surface area contributed by atoms with Crippen molar-refractivity contribution in [1.82, 2.24) is 24.4 Å². The van der Waals surface area contributed by atoms with Gasteiger partial charge in [-0.05, 0) is 17.7 Å². The molecule has 7 nitrogen and oxygen atoms in total. The Labute approximate surface area is 175 Å². The maximum atomic E-state index is 14.3. The van der Waals surface area contributed by atoms with E-state index in [0.717, 1.165) is 62.4 Å². The Hall–Kier alpha value is -3.05. The molecule has 0 saturated carbocycles. The van der Waals surface area contributed by atoms with Crippen molar-refractivity contribution in [3.05, 3.63) is 53.9 Å². The number of anilines is 2. The molecule has 0 atom stereocenters. The summed E-state index contributed by atoms with van der Waals surface area (Å²) in [6.45, 7) is 4.03. The largest absolute Gasteiger partial charge is 0.449 e. The third-order valence-electron chi connectivity index (χ3n) is 4.95. The second-order valence-electron chi connectivity index (χ2n) is 7.12. The lowest BCUT2D eigenvalue weighted by atomic mass is 10.2. The monoisotopic (exact) mass is 436 g/mol. The molecule has 0 radical (unpaired) electrons. The molecular formula is C20H20F4N6O. The van der Waals surface area contributed by atoms with Crippen LogP contribution in [0.2, 0.25) is 0 Å². The topological polar surface area (TPSA) is 68.1 Å². The number of morpholine rings is 1. The minimum Gasteiger partial charge on any atom is -0.379 e. The summed E-state index contributed by atoms with van der Waals surface area (Å²) in [4.78, 5) is 13.6. The van der Waals surface area contributed by atoms with E-state index >= 15 is 0 Å². The SMILES string of the molecule is Cn1c(-c2nc(Nc3ccc(CN4CCOCC4)cc3)ncc2F)cnc1C(F)(F)F. The molecule has 4 rings (SSSR count). The summed E-state index contributed by atoms with van der Waals surface area (Å²) in [7, 11) is 1.16. The third kappa shape index (κ3) is 4.83. The maximum absolute atomic E-state index is 14.3. The van der Waals surface area contributed by atoms with Crippen LogP contribution in [0.5, 0.6) is 0 Å². The highest BCUT2D eigenvalue weighted by Crippen LogP contribution is 2.31. The lowest BCUT2D eigenvalue weighted by molar-refractivity contribution is -0.146. The molecule has 2 aromatic heterocycles. The highest BCUT2D eigenvalue weighted by Gasteiger charge is 2.37. The highest BCUT2D eigenvalue weighted by atomic mass is 19.4. The summed E-state index contributed by atoms with van der Waals surface area (Å²) in [6.07, 6.45) is -2.79. The number of rotatable bonds is 5. The van der Waals surface area contributed by atoms with Gasteiger partial charge >= 0.3 is 6.18 Å². The summed E-state index contributed by atoms with van der Waals surface area (Å²) in [5.41, 5.74) is 1.43. The molecule has 31 heavy (non-hydrogen) atoms. The van der Waals surface area contributed by atoms with Crippen LogP contribution in [0.25, 0.3) is 11.4 Å². The minimum atomic E-state index is -4.65. The fourth-order valence-electron chi connectivity index (χ4n) is 3.34. The van der Waals surface area contributed by atoms with Gasteiger partial charge in [-0.2, -0.15) is 13.2 Å². The zero-order chi connectivity index (χ0) is 22.0. The lowest BCUT2D eigenvalue weighted by Crippen LogP contribution is -2.35. The second kappa shape index (κ2) is 8.60. The molecule has 0 amide bonds. The van der Waals surface area contributed by atoms with Gasteiger partial charge in [0.05, 0.1) is 31.3 Å². The van der Waals surface area contributed by atoms with Gasteiger partial charge in [0.2, 0.25) is 11.8 Å². The number of imidazole rings is 1. The Morgan fingerprint density at radius 3 is 2.42 bits per heavy atom. The Kier molecular flexibility index (Phi) is 5.88. The molecule has 3 heterocycles. The minimum absolute atomic E-state index is 0.0621. The number of nitrogens with one attached hydrogen (secondary N) is 1. The molecule has 0 unspecified atom stereocenters. The Morgan fingerprint density at radius 2 is 1.77 bits per heavy atom. The first-order valence-electron chi connectivity index (χ1n) is 9.59. The van der Waals surface area contributed by atoms with Crippen LogP contribution < -0.4 is 5.32 Å². The molecule has 1 saturated heterocycles. The summed E-state index contributed by atoms with van der Waals surface area (Å²) in [6, 6.07) is 7.60. The second-order valence-corrected chi connectivity index (χ2v) is 7.12. The van der Waals surface area contributed by atoms with Gasteiger partial charge in [-0.15, -0.1) is 0 Å². The molecule has 1 N–H and O–H groups in total. The van der Waals surface area contributed by atoms with Crippen molar-refractivity contribution >= 4 is 11.6 Å². The van der Waals surface area contributed by atoms with Gasteiger partial charge in [-0.1, -0.05) is 12.1 Å². The van der Waals surface area contributed by atoms with Crippen molar-refractivity contribution in [2.45, 2.75) is 12.7 Å². The van der Waals surface area contributed by atoms with Crippen molar-refractivity contribution in [2.24, 2.45) is 7.05 Å². The first-order valence-corrected chi connectivity index (χ1v) is 9.59. The van der Waals surface area contributed by atoms with Crippen LogP contribution in [-0.2, 0) is 24.5 Å². The van der Waals surface area contributed by atoms with E-state index < -0.39 is 17.8 Å². The Morgan fingerprint density at radius 1 is 1.06 bits per heavy atom. The summed E-state index contributed by atoms with van der Waals surface area (Å²) in [5.74, 6) is -1.92. The molecule has 0 aliphatic carbocycles. The van der Waals surface area contributed by atoms with Gasteiger partial charge in [0.15, 0.2) is 5.82 Å². The van der Waals surface area contributed by atoms with Crippen LogP contribution in [0.3, 0.4) is 0 Å². The number of nitrogens with zero attached hydrogens (tertiary/aromatic N) is 5. The molecule has 3 aromatic rings. The van der Waals surface area contributed by atoms with E-state index in [9.17, 15) is 17.6 Å². The maximum Gasteiger partial charge on any atom is 0.449 e. The first kappa shape index (κ1) is 21.2. The van der Waals surface area contributed by atoms with E-state index in [1.54, 1.807) is 0 Å². The van der Waals surface area contributed by atoms with Crippen LogP contribution in [0.1, 0.15) is 11.4 Å². The number of aromatic nitrogens is 4. The van der Waals surface area contributed by atoms with Crippen molar-refractivity contribution in [1.29, 1.82) is 0 Å². The number of halogens is 4. The average Bonchev–Trinajstić information content (AvgIpc) is 3.13. The first-order chi connectivity index (χ1) is 14.8. The van der Waals surface area contributed by atoms with Crippen molar-refractivity contribution in [3.63, 3.8) is 0 Å². The molecule has 164 valence electrons. The van der Waals surface area contributed by atoms with E-state index in [1.807, 2.05) is 24.3 Å².